The van der Waals surface area contributed by atoms with E-state index in [9.17, 15) is 5.11 Å². The summed E-state index contributed by atoms with van der Waals surface area (Å²) >= 11 is 37.8. The third-order valence-electron chi connectivity index (χ3n) is 3.47. The first-order valence-electron chi connectivity index (χ1n) is 9.07. The van der Waals surface area contributed by atoms with Crippen LogP contribution in [0.1, 0.15) is 25.0 Å². The Morgan fingerprint density at radius 3 is 1.30 bits per heavy atom. The van der Waals surface area contributed by atoms with Crippen LogP contribution in [-0.2, 0) is 0 Å². The standard InChI is InChI=1S/C11H10Cl2O.C8H4Cl2.C6H3BrCl2/c1-11(2,14)7-6-8-9(12)4-3-5-10(8)13;1-2-6-7(9)4-3-5-8(6)10;7-6-4(8)2-1-3-5(6)9/h3-5,14H,1-2H3;1,3-5H;1-3H. The van der Waals surface area contributed by atoms with E-state index in [1.54, 1.807) is 68.4 Å². The van der Waals surface area contributed by atoms with Gasteiger partial charge in [-0.1, -0.05) is 106 Å². The highest BCUT2D eigenvalue weighted by Crippen LogP contribution is 2.29. The molecule has 0 aliphatic carbocycles. The van der Waals surface area contributed by atoms with Crippen LogP contribution in [0.25, 0.3) is 0 Å². The Morgan fingerprint density at radius 1 is 0.697 bits per heavy atom. The molecule has 172 valence electrons. The first-order chi connectivity index (χ1) is 15.4. The third-order valence-corrected chi connectivity index (χ3v) is 6.67. The molecule has 3 aromatic carbocycles. The molecule has 33 heavy (non-hydrogen) atoms. The third kappa shape index (κ3) is 10.8. The summed E-state index contributed by atoms with van der Waals surface area (Å²) in [6.45, 7) is 3.20. The summed E-state index contributed by atoms with van der Waals surface area (Å²) in [6.07, 6.45) is 5.13. The van der Waals surface area contributed by atoms with E-state index in [0.717, 1.165) is 4.47 Å². The summed E-state index contributed by atoms with van der Waals surface area (Å²) in [5, 5.41) is 12.7. The van der Waals surface area contributed by atoms with Gasteiger partial charge in [0.1, 0.15) is 5.60 Å². The summed E-state index contributed by atoms with van der Waals surface area (Å²) in [6, 6.07) is 15.7. The molecule has 0 saturated heterocycles. The van der Waals surface area contributed by atoms with Gasteiger partial charge >= 0.3 is 0 Å². The molecule has 0 bridgehead atoms. The first-order valence-corrected chi connectivity index (χ1v) is 12.1. The second kappa shape index (κ2) is 14.4. The molecule has 1 nitrogen and oxygen atoms in total. The molecule has 0 aliphatic heterocycles. The van der Waals surface area contributed by atoms with E-state index in [1.165, 1.54) is 0 Å². The Morgan fingerprint density at radius 2 is 1.03 bits per heavy atom. The average molecular weight is 626 g/mol. The lowest BCUT2D eigenvalue weighted by Crippen LogP contribution is -2.14. The fourth-order valence-electron chi connectivity index (χ4n) is 1.95. The van der Waals surface area contributed by atoms with Gasteiger partial charge in [0.2, 0.25) is 0 Å². The van der Waals surface area contributed by atoms with Gasteiger partial charge < -0.3 is 5.11 Å². The fraction of sp³-hybridized carbons (Fsp3) is 0.120. The van der Waals surface area contributed by atoms with E-state index in [-0.39, 0.29) is 0 Å². The SMILES string of the molecule is C#Cc1c(Cl)cccc1Cl.CC(C)(O)C#Cc1c(Cl)cccc1Cl.Clc1cccc(Cl)c1Br. The smallest absolute Gasteiger partial charge is 0.120 e. The molecule has 0 saturated carbocycles. The number of hydrogen-bond acceptors (Lipinski definition) is 1. The van der Waals surface area contributed by atoms with Crippen molar-refractivity contribution in [3.63, 3.8) is 0 Å². The monoisotopic (exact) mass is 622 g/mol. The minimum Gasteiger partial charge on any atom is -0.378 e. The van der Waals surface area contributed by atoms with Gasteiger partial charge in [-0.25, -0.2) is 0 Å². The molecule has 0 spiro atoms. The maximum absolute atomic E-state index is 9.40. The van der Waals surface area contributed by atoms with Crippen LogP contribution >= 0.6 is 85.5 Å². The largest absolute Gasteiger partial charge is 0.378 e. The summed E-state index contributed by atoms with van der Waals surface area (Å²) in [5.41, 5.74) is 0.0754. The topological polar surface area (TPSA) is 20.2 Å². The molecule has 0 amide bonds. The Kier molecular flexibility index (Phi) is 13.1. The van der Waals surface area contributed by atoms with Crippen molar-refractivity contribution in [3.05, 3.63) is 100 Å². The lowest BCUT2D eigenvalue weighted by atomic mass is 10.1. The van der Waals surface area contributed by atoms with E-state index in [0.29, 0.717) is 41.3 Å². The highest BCUT2D eigenvalue weighted by Gasteiger charge is 2.07. The van der Waals surface area contributed by atoms with E-state index in [4.69, 9.17) is 76.0 Å². The molecule has 3 rings (SSSR count). The van der Waals surface area contributed by atoms with Crippen molar-refractivity contribution in [2.24, 2.45) is 0 Å². The second-order valence-electron chi connectivity index (χ2n) is 6.68. The van der Waals surface area contributed by atoms with Crippen molar-refractivity contribution in [2.75, 3.05) is 0 Å². The number of aliphatic hydroxyl groups is 1. The maximum Gasteiger partial charge on any atom is 0.120 e. The number of terminal acetylenes is 1. The van der Waals surface area contributed by atoms with Crippen molar-refractivity contribution in [3.8, 4) is 24.2 Å². The Bertz CT molecular complexity index is 1140. The van der Waals surface area contributed by atoms with Gasteiger partial charge in [0.05, 0.1) is 45.7 Å². The zero-order chi connectivity index (χ0) is 25.2. The van der Waals surface area contributed by atoms with Crippen LogP contribution in [0.2, 0.25) is 30.1 Å². The van der Waals surface area contributed by atoms with Crippen molar-refractivity contribution in [2.45, 2.75) is 19.4 Å². The second-order valence-corrected chi connectivity index (χ2v) is 9.92. The van der Waals surface area contributed by atoms with Gasteiger partial charge in [-0.05, 0) is 66.2 Å². The zero-order valence-corrected chi connectivity index (χ0v) is 23.5. The molecule has 0 unspecified atom stereocenters. The molecule has 0 aromatic heterocycles. The molecule has 0 aliphatic rings. The van der Waals surface area contributed by atoms with E-state index in [2.05, 4.69) is 33.7 Å². The molecular weight excluding hydrogens is 609 g/mol. The van der Waals surface area contributed by atoms with E-state index in [1.807, 2.05) is 0 Å². The Hall–Kier alpha value is -1.04. The molecule has 3 aromatic rings. The minimum absolute atomic E-state index is 0.495. The van der Waals surface area contributed by atoms with Crippen LogP contribution in [-0.4, -0.2) is 10.7 Å². The van der Waals surface area contributed by atoms with Gasteiger partial charge in [0.15, 0.2) is 0 Å². The van der Waals surface area contributed by atoms with Crippen LogP contribution in [0.4, 0.5) is 0 Å². The van der Waals surface area contributed by atoms with Crippen LogP contribution in [0.15, 0.2) is 59.1 Å². The lowest BCUT2D eigenvalue weighted by molar-refractivity contribution is 0.143. The molecule has 0 heterocycles. The van der Waals surface area contributed by atoms with Gasteiger partial charge in [0, 0.05) is 0 Å². The lowest BCUT2D eigenvalue weighted by Gasteiger charge is -2.06. The van der Waals surface area contributed by atoms with Crippen molar-refractivity contribution >= 4 is 85.5 Å². The summed E-state index contributed by atoms with van der Waals surface area (Å²) < 4.78 is 0.758. The van der Waals surface area contributed by atoms with E-state index < -0.39 is 5.60 Å². The van der Waals surface area contributed by atoms with Gasteiger partial charge in [-0.3, -0.25) is 0 Å². The van der Waals surface area contributed by atoms with Crippen LogP contribution < -0.4 is 0 Å². The van der Waals surface area contributed by atoms with Crippen molar-refractivity contribution < 1.29 is 5.11 Å². The van der Waals surface area contributed by atoms with Crippen molar-refractivity contribution in [1.29, 1.82) is 0 Å². The number of hydrogen-bond donors (Lipinski definition) is 1. The molecule has 0 radical (unpaired) electrons. The summed E-state index contributed by atoms with van der Waals surface area (Å²) in [7, 11) is 0. The Labute approximate surface area is 233 Å². The summed E-state index contributed by atoms with van der Waals surface area (Å²) in [5.74, 6) is 7.81. The summed E-state index contributed by atoms with van der Waals surface area (Å²) in [4.78, 5) is 0. The minimum atomic E-state index is -1.04. The highest BCUT2D eigenvalue weighted by atomic mass is 79.9. The molecule has 0 atom stereocenters. The molecular formula is C25H17BrCl6O. The molecule has 8 heteroatoms. The maximum atomic E-state index is 9.40. The predicted octanol–water partition coefficient (Wildman–Crippen LogP) is 9.85. The van der Waals surface area contributed by atoms with Crippen LogP contribution in [0.5, 0.6) is 0 Å². The Balaban J connectivity index is 0.000000255. The van der Waals surface area contributed by atoms with Gasteiger partial charge in [0.25, 0.3) is 0 Å². The van der Waals surface area contributed by atoms with E-state index >= 15 is 0 Å². The van der Waals surface area contributed by atoms with Crippen LogP contribution in [0, 0.1) is 24.2 Å². The quantitative estimate of drug-likeness (QED) is 0.195. The normalized spacial score (nSPS) is 9.85. The zero-order valence-electron chi connectivity index (χ0n) is 17.4. The van der Waals surface area contributed by atoms with Gasteiger partial charge in [-0.2, -0.15) is 0 Å². The fourth-order valence-corrected chi connectivity index (χ4v) is 3.61. The number of rotatable bonds is 0. The van der Waals surface area contributed by atoms with Crippen LogP contribution in [0.3, 0.4) is 0 Å². The average Bonchev–Trinajstić information content (AvgIpc) is 2.72. The number of halogens is 7. The predicted molar refractivity (Wildman–Crippen MR) is 148 cm³/mol. The molecule has 1 N–H and O–H groups in total. The molecule has 0 fully saturated rings. The van der Waals surface area contributed by atoms with Crippen molar-refractivity contribution in [1.82, 2.24) is 0 Å². The highest BCUT2D eigenvalue weighted by molar-refractivity contribution is 9.10. The number of benzene rings is 3. The first kappa shape index (κ1) is 30.0. The van der Waals surface area contributed by atoms with Gasteiger partial charge in [-0.15, -0.1) is 6.42 Å².